The first-order chi connectivity index (χ1) is 5.70. The molecule has 12 heavy (non-hydrogen) atoms. The molecule has 0 aliphatic rings. The predicted molar refractivity (Wildman–Crippen MR) is 45.4 cm³/mol. The first kappa shape index (κ1) is 11.0. The van der Waals surface area contributed by atoms with Gasteiger partial charge in [-0.2, -0.15) is 0 Å². The molecule has 4 nitrogen and oxygen atoms in total. The number of ether oxygens (including phenoxy) is 2. The van der Waals surface area contributed by atoms with E-state index in [0.29, 0.717) is 18.9 Å². The predicted octanol–water partition coefficient (Wildman–Crippen LogP) is 0.429. The van der Waals surface area contributed by atoms with Crippen LogP contribution in [0.2, 0.25) is 0 Å². The Kier molecular flexibility index (Phi) is 6.09. The van der Waals surface area contributed by atoms with E-state index in [-0.39, 0.29) is 6.61 Å². The van der Waals surface area contributed by atoms with Crippen molar-refractivity contribution < 1.29 is 14.3 Å². The van der Waals surface area contributed by atoms with Crippen molar-refractivity contribution in [2.75, 3.05) is 19.8 Å². The van der Waals surface area contributed by atoms with E-state index in [1.807, 2.05) is 6.92 Å². The average molecular weight is 173 g/mol. The summed E-state index contributed by atoms with van der Waals surface area (Å²) in [5.41, 5.74) is 5.81. The molecule has 0 saturated carbocycles. The van der Waals surface area contributed by atoms with Gasteiger partial charge in [-0.3, -0.25) is 0 Å². The second kappa shape index (κ2) is 6.67. The van der Waals surface area contributed by atoms with Crippen molar-refractivity contribution in [1.82, 2.24) is 0 Å². The summed E-state index contributed by atoms with van der Waals surface area (Å²) < 4.78 is 9.61. The first-order valence-corrected chi connectivity index (χ1v) is 3.91. The Morgan fingerprint density at radius 3 is 2.58 bits per heavy atom. The molecule has 0 aliphatic heterocycles. The largest absolute Gasteiger partial charge is 0.463 e. The zero-order valence-electron chi connectivity index (χ0n) is 7.50. The van der Waals surface area contributed by atoms with Crippen molar-refractivity contribution in [3.63, 3.8) is 0 Å². The van der Waals surface area contributed by atoms with Gasteiger partial charge in [0.2, 0.25) is 0 Å². The van der Waals surface area contributed by atoms with Gasteiger partial charge in [0.15, 0.2) is 0 Å². The van der Waals surface area contributed by atoms with Crippen LogP contribution in [0.4, 0.5) is 0 Å². The van der Waals surface area contributed by atoms with E-state index in [0.717, 1.165) is 0 Å². The molecule has 0 rings (SSSR count). The van der Waals surface area contributed by atoms with Crippen LogP contribution in [0, 0.1) is 0 Å². The SMILES string of the molecule is CCOC/C(N)=C/C(=O)OCC. The van der Waals surface area contributed by atoms with E-state index >= 15 is 0 Å². The molecular weight excluding hydrogens is 158 g/mol. The summed E-state index contributed by atoms with van der Waals surface area (Å²) in [6.45, 7) is 4.81. The van der Waals surface area contributed by atoms with Gasteiger partial charge in [0.1, 0.15) is 0 Å². The van der Waals surface area contributed by atoms with Crippen molar-refractivity contribution in [3.05, 3.63) is 11.8 Å². The van der Waals surface area contributed by atoms with Crippen LogP contribution < -0.4 is 5.73 Å². The van der Waals surface area contributed by atoms with Gasteiger partial charge in [-0.15, -0.1) is 0 Å². The lowest BCUT2D eigenvalue weighted by molar-refractivity contribution is -0.137. The van der Waals surface area contributed by atoms with Gasteiger partial charge in [-0.25, -0.2) is 4.79 Å². The van der Waals surface area contributed by atoms with Crippen LogP contribution in [0.3, 0.4) is 0 Å². The number of rotatable bonds is 5. The fraction of sp³-hybridized carbons (Fsp3) is 0.625. The quantitative estimate of drug-likeness (QED) is 0.483. The molecule has 0 heterocycles. The summed E-state index contributed by atoms with van der Waals surface area (Å²) in [4.78, 5) is 10.8. The van der Waals surface area contributed by atoms with Crippen LogP contribution in [0.5, 0.6) is 0 Å². The third kappa shape index (κ3) is 5.73. The summed E-state index contributed by atoms with van der Waals surface area (Å²) in [5.74, 6) is -0.422. The molecule has 0 aromatic carbocycles. The van der Waals surface area contributed by atoms with E-state index in [9.17, 15) is 4.79 Å². The minimum atomic E-state index is -0.422. The number of nitrogens with two attached hydrogens (primary N) is 1. The third-order valence-corrected chi connectivity index (χ3v) is 1.06. The maximum atomic E-state index is 10.8. The lowest BCUT2D eigenvalue weighted by Gasteiger charge is -2.01. The number of esters is 1. The number of carbonyl (C=O) groups is 1. The van der Waals surface area contributed by atoms with E-state index in [4.69, 9.17) is 10.5 Å². The van der Waals surface area contributed by atoms with Gasteiger partial charge in [-0.1, -0.05) is 0 Å². The van der Waals surface area contributed by atoms with Gasteiger partial charge in [0.25, 0.3) is 0 Å². The monoisotopic (exact) mass is 173 g/mol. The number of carbonyl (C=O) groups excluding carboxylic acids is 1. The Hall–Kier alpha value is -1.03. The summed E-state index contributed by atoms with van der Waals surface area (Å²) in [6.07, 6.45) is 1.24. The average Bonchev–Trinajstić information content (AvgIpc) is 2.01. The molecule has 2 N–H and O–H groups in total. The highest BCUT2D eigenvalue weighted by atomic mass is 16.5. The molecule has 0 amide bonds. The molecule has 4 heteroatoms. The molecule has 0 aromatic heterocycles. The minimum absolute atomic E-state index is 0.273. The Bertz CT molecular complexity index is 166. The summed E-state index contributed by atoms with van der Waals surface area (Å²) >= 11 is 0. The van der Waals surface area contributed by atoms with Crippen LogP contribution in [0.1, 0.15) is 13.8 Å². The normalized spacial score (nSPS) is 11.3. The van der Waals surface area contributed by atoms with Gasteiger partial charge >= 0.3 is 5.97 Å². The van der Waals surface area contributed by atoms with Crippen molar-refractivity contribution in [2.45, 2.75) is 13.8 Å². The minimum Gasteiger partial charge on any atom is -0.463 e. The molecule has 70 valence electrons. The molecule has 0 aromatic rings. The molecular formula is C8H15NO3. The highest BCUT2D eigenvalue weighted by Gasteiger charge is 1.97. The Morgan fingerprint density at radius 1 is 1.42 bits per heavy atom. The molecule has 0 saturated heterocycles. The number of hydrogen-bond acceptors (Lipinski definition) is 4. The van der Waals surface area contributed by atoms with Crippen LogP contribution in [-0.2, 0) is 14.3 Å². The van der Waals surface area contributed by atoms with Crippen LogP contribution in [0.15, 0.2) is 11.8 Å². The molecule has 0 radical (unpaired) electrons. The number of hydrogen-bond donors (Lipinski definition) is 1. The first-order valence-electron chi connectivity index (χ1n) is 3.91. The summed E-state index contributed by atoms with van der Waals surface area (Å²) in [5, 5.41) is 0. The van der Waals surface area contributed by atoms with E-state index < -0.39 is 5.97 Å². The highest BCUT2D eigenvalue weighted by molar-refractivity contribution is 5.82. The maximum absolute atomic E-state index is 10.8. The summed E-state index contributed by atoms with van der Waals surface area (Å²) in [7, 11) is 0. The van der Waals surface area contributed by atoms with Gasteiger partial charge in [-0.05, 0) is 13.8 Å². The summed E-state index contributed by atoms with van der Waals surface area (Å²) in [6, 6.07) is 0. The molecule has 0 bridgehead atoms. The van der Waals surface area contributed by atoms with Gasteiger partial charge in [0.05, 0.1) is 13.2 Å². The van der Waals surface area contributed by atoms with Crippen molar-refractivity contribution in [2.24, 2.45) is 5.73 Å². The zero-order chi connectivity index (χ0) is 9.40. The molecule has 0 aliphatic carbocycles. The Labute approximate surface area is 72.3 Å². The topological polar surface area (TPSA) is 61.5 Å². The Balaban J connectivity index is 3.72. The second-order valence-corrected chi connectivity index (χ2v) is 2.11. The fourth-order valence-corrected chi connectivity index (χ4v) is 0.597. The lowest BCUT2D eigenvalue weighted by Crippen LogP contribution is -2.10. The van der Waals surface area contributed by atoms with Crippen LogP contribution >= 0.6 is 0 Å². The van der Waals surface area contributed by atoms with Gasteiger partial charge in [0, 0.05) is 18.4 Å². The van der Waals surface area contributed by atoms with E-state index in [1.54, 1.807) is 6.92 Å². The molecule has 0 spiro atoms. The second-order valence-electron chi connectivity index (χ2n) is 2.11. The molecule has 0 unspecified atom stereocenters. The third-order valence-electron chi connectivity index (χ3n) is 1.06. The van der Waals surface area contributed by atoms with E-state index in [1.165, 1.54) is 6.08 Å². The van der Waals surface area contributed by atoms with Crippen molar-refractivity contribution in [1.29, 1.82) is 0 Å². The molecule has 0 atom stereocenters. The smallest absolute Gasteiger partial charge is 0.332 e. The fourth-order valence-electron chi connectivity index (χ4n) is 0.597. The molecule has 0 fully saturated rings. The zero-order valence-corrected chi connectivity index (χ0v) is 7.50. The van der Waals surface area contributed by atoms with Crippen molar-refractivity contribution in [3.8, 4) is 0 Å². The van der Waals surface area contributed by atoms with Crippen LogP contribution in [0.25, 0.3) is 0 Å². The standard InChI is InChI=1S/C8H15NO3/c1-3-11-6-7(9)5-8(10)12-4-2/h5H,3-4,6,9H2,1-2H3/b7-5-. The van der Waals surface area contributed by atoms with Gasteiger partial charge < -0.3 is 15.2 Å². The highest BCUT2D eigenvalue weighted by Crippen LogP contribution is 1.88. The van der Waals surface area contributed by atoms with Crippen LogP contribution in [-0.4, -0.2) is 25.8 Å². The maximum Gasteiger partial charge on any atom is 0.332 e. The van der Waals surface area contributed by atoms with Crippen molar-refractivity contribution >= 4 is 5.97 Å². The Morgan fingerprint density at radius 2 is 2.08 bits per heavy atom. The van der Waals surface area contributed by atoms with E-state index in [2.05, 4.69) is 4.74 Å². The lowest BCUT2D eigenvalue weighted by atomic mass is 10.4.